The van der Waals surface area contributed by atoms with Crippen molar-refractivity contribution in [3.05, 3.63) is 29.3 Å². The van der Waals surface area contributed by atoms with E-state index in [9.17, 15) is 13.2 Å². The lowest BCUT2D eigenvalue weighted by molar-refractivity contribution is 0.0945. The average Bonchev–Trinajstić information content (AvgIpc) is 3.27. The van der Waals surface area contributed by atoms with Crippen LogP contribution in [0.4, 0.5) is 0 Å². The van der Waals surface area contributed by atoms with Gasteiger partial charge < -0.3 is 5.32 Å². The molecule has 1 saturated carbocycles. The SMILES string of the molecule is CCc1ccc(S(=O)(=O)Cl)cc1C(=O)NCC(C)C1CC1. The third kappa shape index (κ3) is 4.20. The van der Waals surface area contributed by atoms with E-state index in [1.807, 2.05) is 6.92 Å². The first kappa shape index (κ1) is 16.3. The van der Waals surface area contributed by atoms with Crippen molar-refractivity contribution in [2.45, 2.75) is 38.0 Å². The third-order valence-corrected chi connectivity index (χ3v) is 5.35. The van der Waals surface area contributed by atoms with E-state index in [0.717, 1.165) is 5.56 Å². The van der Waals surface area contributed by atoms with Gasteiger partial charge in [0.15, 0.2) is 0 Å². The molecule has 0 heterocycles. The smallest absolute Gasteiger partial charge is 0.261 e. The van der Waals surface area contributed by atoms with Crippen molar-refractivity contribution in [2.75, 3.05) is 6.54 Å². The highest BCUT2D eigenvalue weighted by Gasteiger charge is 2.28. The lowest BCUT2D eigenvalue weighted by Gasteiger charge is -2.13. The Morgan fingerprint density at radius 2 is 2.10 bits per heavy atom. The van der Waals surface area contributed by atoms with Crippen LogP contribution in [0.15, 0.2) is 23.1 Å². The summed E-state index contributed by atoms with van der Waals surface area (Å²) in [6.07, 6.45) is 3.12. The van der Waals surface area contributed by atoms with Crippen LogP contribution in [0.2, 0.25) is 0 Å². The molecule has 0 aromatic heterocycles. The van der Waals surface area contributed by atoms with Crippen LogP contribution < -0.4 is 5.32 Å². The molecule has 1 atom stereocenters. The zero-order valence-corrected chi connectivity index (χ0v) is 13.8. The van der Waals surface area contributed by atoms with Crippen molar-refractivity contribution in [1.82, 2.24) is 5.32 Å². The van der Waals surface area contributed by atoms with E-state index in [0.29, 0.717) is 30.4 Å². The number of amides is 1. The fraction of sp³-hybridized carbons (Fsp3) is 0.533. The monoisotopic (exact) mass is 329 g/mol. The summed E-state index contributed by atoms with van der Waals surface area (Å²) in [5.74, 6) is 0.936. The van der Waals surface area contributed by atoms with Crippen molar-refractivity contribution in [1.29, 1.82) is 0 Å². The van der Waals surface area contributed by atoms with Crippen molar-refractivity contribution >= 4 is 25.6 Å². The number of nitrogens with one attached hydrogen (secondary N) is 1. The van der Waals surface area contributed by atoms with E-state index in [4.69, 9.17) is 10.7 Å². The summed E-state index contributed by atoms with van der Waals surface area (Å²) < 4.78 is 22.8. The number of carbonyl (C=O) groups is 1. The number of benzene rings is 1. The predicted octanol–water partition coefficient (Wildman–Crippen LogP) is 2.95. The highest BCUT2D eigenvalue weighted by Crippen LogP contribution is 2.36. The maximum Gasteiger partial charge on any atom is 0.261 e. The van der Waals surface area contributed by atoms with Gasteiger partial charge in [-0.05, 0) is 48.8 Å². The fourth-order valence-corrected chi connectivity index (χ4v) is 3.18. The van der Waals surface area contributed by atoms with Crippen LogP contribution in [0.3, 0.4) is 0 Å². The first-order valence-corrected chi connectivity index (χ1v) is 9.49. The van der Waals surface area contributed by atoms with E-state index >= 15 is 0 Å². The molecule has 0 bridgehead atoms. The first-order chi connectivity index (χ1) is 9.82. The number of carbonyl (C=O) groups excluding carboxylic acids is 1. The van der Waals surface area contributed by atoms with Crippen molar-refractivity contribution in [3.63, 3.8) is 0 Å². The summed E-state index contributed by atoms with van der Waals surface area (Å²) in [5, 5.41) is 2.90. The van der Waals surface area contributed by atoms with Gasteiger partial charge in [-0.15, -0.1) is 0 Å². The molecule has 1 aromatic rings. The van der Waals surface area contributed by atoms with Gasteiger partial charge in [0.05, 0.1) is 4.90 Å². The summed E-state index contributed by atoms with van der Waals surface area (Å²) in [5.41, 5.74) is 1.21. The van der Waals surface area contributed by atoms with Gasteiger partial charge in [0.2, 0.25) is 0 Å². The van der Waals surface area contributed by atoms with Crippen molar-refractivity contribution in [2.24, 2.45) is 11.8 Å². The van der Waals surface area contributed by atoms with Crippen LogP contribution in [0.1, 0.15) is 42.6 Å². The minimum Gasteiger partial charge on any atom is -0.352 e. The lowest BCUT2D eigenvalue weighted by Crippen LogP contribution is -2.29. The number of hydrogen-bond donors (Lipinski definition) is 1. The second-order valence-corrected chi connectivity index (χ2v) is 8.20. The van der Waals surface area contributed by atoms with Crippen LogP contribution >= 0.6 is 10.7 Å². The minimum absolute atomic E-state index is 0.0400. The molecule has 1 aliphatic rings. The topological polar surface area (TPSA) is 63.2 Å². The lowest BCUT2D eigenvalue weighted by atomic mass is 10.0. The maximum absolute atomic E-state index is 12.3. The Bertz CT molecular complexity index is 638. The van der Waals surface area contributed by atoms with E-state index in [1.165, 1.54) is 25.0 Å². The van der Waals surface area contributed by atoms with Gasteiger partial charge in [-0.25, -0.2) is 8.42 Å². The van der Waals surface area contributed by atoms with Gasteiger partial charge in [-0.3, -0.25) is 4.79 Å². The summed E-state index contributed by atoms with van der Waals surface area (Å²) in [4.78, 5) is 12.3. The molecule has 116 valence electrons. The van der Waals surface area contributed by atoms with Gasteiger partial charge >= 0.3 is 0 Å². The summed E-state index contributed by atoms with van der Waals surface area (Å²) in [7, 11) is 1.52. The third-order valence-electron chi connectivity index (χ3n) is 4.00. The van der Waals surface area contributed by atoms with Gasteiger partial charge in [-0.1, -0.05) is 19.9 Å². The second-order valence-electron chi connectivity index (χ2n) is 5.64. The number of halogens is 1. The molecular weight excluding hydrogens is 310 g/mol. The maximum atomic E-state index is 12.3. The Kier molecular flexibility index (Phi) is 4.94. The molecule has 0 spiro atoms. The predicted molar refractivity (Wildman–Crippen MR) is 83.1 cm³/mol. The number of aryl methyl sites for hydroxylation is 1. The van der Waals surface area contributed by atoms with Crippen LogP contribution in [0.5, 0.6) is 0 Å². The van der Waals surface area contributed by atoms with Crippen LogP contribution in [0, 0.1) is 11.8 Å². The van der Waals surface area contributed by atoms with E-state index in [-0.39, 0.29) is 10.8 Å². The second kappa shape index (κ2) is 6.36. The molecule has 1 fully saturated rings. The highest BCUT2D eigenvalue weighted by atomic mass is 35.7. The molecule has 6 heteroatoms. The zero-order chi connectivity index (χ0) is 15.6. The number of rotatable bonds is 6. The van der Waals surface area contributed by atoms with E-state index in [2.05, 4.69) is 12.2 Å². The molecule has 1 N–H and O–H groups in total. The van der Waals surface area contributed by atoms with Crippen molar-refractivity contribution in [3.8, 4) is 0 Å². The summed E-state index contributed by atoms with van der Waals surface area (Å²) in [6.45, 7) is 4.66. The van der Waals surface area contributed by atoms with Gasteiger partial charge in [0.25, 0.3) is 15.0 Å². The molecular formula is C15H20ClNO3S. The Balaban J connectivity index is 2.17. The first-order valence-electron chi connectivity index (χ1n) is 7.18. The Labute approximate surface area is 130 Å². The molecule has 1 unspecified atom stereocenters. The minimum atomic E-state index is -3.83. The van der Waals surface area contributed by atoms with E-state index < -0.39 is 9.05 Å². The Morgan fingerprint density at radius 3 is 2.62 bits per heavy atom. The largest absolute Gasteiger partial charge is 0.352 e. The van der Waals surface area contributed by atoms with Gasteiger partial charge in [0.1, 0.15) is 0 Å². The van der Waals surface area contributed by atoms with Crippen LogP contribution in [-0.4, -0.2) is 20.9 Å². The molecule has 1 amide bonds. The van der Waals surface area contributed by atoms with Crippen LogP contribution in [-0.2, 0) is 15.5 Å². The Morgan fingerprint density at radius 1 is 1.43 bits per heavy atom. The fourth-order valence-electron chi connectivity index (χ4n) is 2.41. The molecule has 21 heavy (non-hydrogen) atoms. The standard InChI is InChI=1S/C15H20ClNO3S/c1-3-11-6-7-13(21(16,19)20)8-14(11)15(18)17-9-10(2)12-4-5-12/h6-8,10,12H,3-5,9H2,1-2H3,(H,17,18). The zero-order valence-electron chi connectivity index (χ0n) is 12.2. The van der Waals surface area contributed by atoms with E-state index in [1.54, 1.807) is 6.07 Å². The summed E-state index contributed by atoms with van der Waals surface area (Å²) in [6, 6.07) is 4.44. The molecule has 0 radical (unpaired) electrons. The molecule has 1 aromatic carbocycles. The van der Waals surface area contributed by atoms with Crippen LogP contribution in [0.25, 0.3) is 0 Å². The normalized spacial score (nSPS) is 16.5. The molecule has 1 aliphatic carbocycles. The Hall–Kier alpha value is -1.07. The quantitative estimate of drug-likeness (QED) is 0.816. The van der Waals surface area contributed by atoms with Gasteiger partial charge in [-0.2, -0.15) is 0 Å². The molecule has 2 rings (SSSR count). The van der Waals surface area contributed by atoms with Crippen molar-refractivity contribution < 1.29 is 13.2 Å². The molecule has 0 saturated heterocycles. The summed E-state index contributed by atoms with van der Waals surface area (Å²) >= 11 is 0. The molecule has 0 aliphatic heterocycles. The number of hydrogen-bond acceptors (Lipinski definition) is 3. The highest BCUT2D eigenvalue weighted by molar-refractivity contribution is 8.13. The average molecular weight is 330 g/mol. The van der Waals surface area contributed by atoms with Gasteiger partial charge in [0, 0.05) is 22.8 Å². The molecule has 4 nitrogen and oxygen atoms in total.